The van der Waals surface area contributed by atoms with Crippen molar-refractivity contribution >= 4 is 21.6 Å². The van der Waals surface area contributed by atoms with Crippen molar-refractivity contribution in [1.82, 2.24) is 10.3 Å². The molecule has 1 aromatic rings. The molecule has 1 rings (SSSR count). The predicted molar refractivity (Wildman–Crippen MR) is 65.8 cm³/mol. The van der Waals surface area contributed by atoms with E-state index in [1.807, 2.05) is 0 Å². The molecule has 0 radical (unpaired) electrons. The quantitative estimate of drug-likeness (QED) is 0.769. The minimum atomic E-state index is -3.05. The summed E-state index contributed by atoms with van der Waals surface area (Å²) in [5, 5.41) is 5.35. The molecular formula is C10H15N3O3S. The lowest BCUT2D eigenvalue weighted by molar-refractivity contribution is 0.0956. The Labute approximate surface area is 100 Å². The lowest BCUT2D eigenvalue weighted by Crippen LogP contribution is -2.28. The van der Waals surface area contributed by atoms with E-state index >= 15 is 0 Å². The van der Waals surface area contributed by atoms with Gasteiger partial charge in [0.05, 0.1) is 5.75 Å². The van der Waals surface area contributed by atoms with Gasteiger partial charge in [0.1, 0.15) is 15.7 Å². The van der Waals surface area contributed by atoms with Gasteiger partial charge in [0.25, 0.3) is 5.91 Å². The van der Waals surface area contributed by atoms with Crippen molar-refractivity contribution in [2.45, 2.75) is 0 Å². The molecule has 6 nitrogen and oxygen atoms in total. The second-order valence-electron chi connectivity index (χ2n) is 3.57. The van der Waals surface area contributed by atoms with Crippen LogP contribution in [0.15, 0.2) is 18.3 Å². The Balaban J connectivity index is 2.58. The summed E-state index contributed by atoms with van der Waals surface area (Å²) in [4.78, 5) is 15.6. The monoisotopic (exact) mass is 257 g/mol. The third kappa shape index (κ3) is 4.81. The molecule has 0 spiro atoms. The zero-order valence-electron chi connectivity index (χ0n) is 9.73. The number of aromatic nitrogens is 1. The molecule has 0 fully saturated rings. The van der Waals surface area contributed by atoms with E-state index in [2.05, 4.69) is 15.6 Å². The normalized spacial score (nSPS) is 10.9. The first kappa shape index (κ1) is 13.4. The number of sulfone groups is 1. The van der Waals surface area contributed by atoms with Crippen LogP contribution < -0.4 is 10.6 Å². The Bertz CT molecular complexity index is 499. The number of amides is 1. The number of nitrogens with one attached hydrogen (secondary N) is 2. The molecule has 0 aromatic carbocycles. The van der Waals surface area contributed by atoms with Gasteiger partial charge in [-0.05, 0) is 12.1 Å². The highest BCUT2D eigenvalue weighted by Gasteiger charge is 2.07. The number of rotatable bonds is 5. The average molecular weight is 257 g/mol. The molecule has 1 amide bonds. The largest absolute Gasteiger partial charge is 0.373 e. The topological polar surface area (TPSA) is 88.2 Å². The Morgan fingerprint density at radius 1 is 1.47 bits per heavy atom. The molecule has 0 aliphatic carbocycles. The SMILES string of the molecule is CNc1cc(C(=O)NCCS(C)(=O)=O)ccn1. The summed E-state index contributed by atoms with van der Waals surface area (Å²) >= 11 is 0. The highest BCUT2D eigenvalue weighted by molar-refractivity contribution is 7.90. The number of anilines is 1. The third-order valence-corrected chi connectivity index (χ3v) is 2.98. The fourth-order valence-corrected chi connectivity index (χ4v) is 1.63. The fourth-order valence-electron chi connectivity index (χ4n) is 1.16. The number of pyridine rings is 1. The maximum Gasteiger partial charge on any atom is 0.251 e. The van der Waals surface area contributed by atoms with Gasteiger partial charge in [-0.15, -0.1) is 0 Å². The second-order valence-corrected chi connectivity index (χ2v) is 5.83. The smallest absolute Gasteiger partial charge is 0.251 e. The molecule has 7 heteroatoms. The minimum Gasteiger partial charge on any atom is -0.373 e. The van der Waals surface area contributed by atoms with Gasteiger partial charge >= 0.3 is 0 Å². The molecule has 0 aliphatic rings. The number of nitrogens with zero attached hydrogens (tertiary/aromatic N) is 1. The van der Waals surface area contributed by atoms with E-state index in [9.17, 15) is 13.2 Å². The third-order valence-electron chi connectivity index (χ3n) is 2.04. The van der Waals surface area contributed by atoms with Crippen LogP contribution in [0.1, 0.15) is 10.4 Å². The fraction of sp³-hybridized carbons (Fsp3) is 0.400. The summed E-state index contributed by atoms with van der Waals surface area (Å²) in [5.41, 5.74) is 0.442. The summed E-state index contributed by atoms with van der Waals surface area (Å²) in [6, 6.07) is 3.16. The van der Waals surface area contributed by atoms with Crippen molar-refractivity contribution in [2.24, 2.45) is 0 Å². The average Bonchev–Trinajstić information content (AvgIpc) is 2.27. The molecule has 0 bridgehead atoms. The highest BCUT2D eigenvalue weighted by Crippen LogP contribution is 2.05. The van der Waals surface area contributed by atoms with Crippen molar-refractivity contribution in [3.63, 3.8) is 0 Å². The predicted octanol–water partition coefficient (Wildman–Crippen LogP) is -0.102. The van der Waals surface area contributed by atoms with E-state index in [1.165, 1.54) is 6.20 Å². The van der Waals surface area contributed by atoms with Crippen LogP contribution in [0.5, 0.6) is 0 Å². The van der Waals surface area contributed by atoms with E-state index in [1.54, 1.807) is 19.2 Å². The number of hydrogen-bond acceptors (Lipinski definition) is 5. The molecule has 0 saturated carbocycles. The maximum atomic E-state index is 11.6. The maximum absolute atomic E-state index is 11.6. The lowest BCUT2D eigenvalue weighted by atomic mass is 10.2. The van der Waals surface area contributed by atoms with Crippen molar-refractivity contribution in [2.75, 3.05) is 30.9 Å². The summed E-state index contributed by atoms with van der Waals surface area (Å²) in [7, 11) is -1.35. The first-order valence-corrected chi connectivity index (χ1v) is 7.08. The van der Waals surface area contributed by atoms with E-state index in [-0.39, 0.29) is 18.2 Å². The molecule has 1 heterocycles. The molecule has 17 heavy (non-hydrogen) atoms. The van der Waals surface area contributed by atoms with E-state index < -0.39 is 9.84 Å². The number of hydrogen-bond donors (Lipinski definition) is 2. The zero-order valence-corrected chi connectivity index (χ0v) is 10.5. The van der Waals surface area contributed by atoms with Crippen LogP contribution in [0.4, 0.5) is 5.82 Å². The van der Waals surface area contributed by atoms with Gasteiger partial charge in [-0.3, -0.25) is 4.79 Å². The van der Waals surface area contributed by atoms with Gasteiger partial charge in [0.2, 0.25) is 0 Å². The van der Waals surface area contributed by atoms with E-state index in [4.69, 9.17) is 0 Å². The van der Waals surface area contributed by atoms with Crippen LogP contribution in [0, 0.1) is 0 Å². The molecule has 0 saturated heterocycles. The molecular weight excluding hydrogens is 242 g/mol. The van der Waals surface area contributed by atoms with Gasteiger partial charge in [0.15, 0.2) is 0 Å². The number of carbonyl (C=O) groups is 1. The number of carbonyl (C=O) groups excluding carboxylic acids is 1. The van der Waals surface area contributed by atoms with Gasteiger partial charge in [0, 0.05) is 31.6 Å². The summed E-state index contributed by atoms with van der Waals surface area (Å²) in [6.07, 6.45) is 2.64. The van der Waals surface area contributed by atoms with Crippen molar-refractivity contribution < 1.29 is 13.2 Å². The minimum absolute atomic E-state index is 0.0668. The van der Waals surface area contributed by atoms with Crippen LogP contribution >= 0.6 is 0 Å². The van der Waals surface area contributed by atoms with E-state index in [0.29, 0.717) is 11.4 Å². The molecule has 0 aliphatic heterocycles. The Morgan fingerprint density at radius 3 is 2.76 bits per heavy atom. The van der Waals surface area contributed by atoms with Crippen LogP contribution in [0.2, 0.25) is 0 Å². The summed E-state index contributed by atoms with van der Waals surface area (Å²) < 4.78 is 21.8. The summed E-state index contributed by atoms with van der Waals surface area (Å²) in [6.45, 7) is 0.106. The Kier molecular flexibility index (Phi) is 4.45. The van der Waals surface area contributed by atoms with Crippen molar-refractivity contribution in [1.29, 1.82) is 0 Å². The summed E-state index contributed by atoms with van der Waals surface area (Å²) in [5.74, 6) is 0.205. The first-order valence-electron chi connectivity index (χ1n) is 5.02. The Morgan fingerprint density at radius 2 is 2.18 bits per heavy atom. The molecule has 2 N–H and O–H groups in total. The Hall–Kier alpha value is -1.63. The van der Waals surface area contributed by atoms with Crippen LogP contribution in [-0.4, -0.2) is 44.9 Å². The van der Waals surface area contributed by atoms with Crippen LogP contribution in [-0.2, 0) is 9.84 Å². The van der Waals surface area contributed by atoms with Crippen molar-refractivity contribution in [3.8, 4) is 0 Å². The standard InChI is InChI=1S/C10H15N3O3S/c1-11-9-7-8(3-4-12-9)10(14)13-5-6-17(2,15)16/h3-4,7H,5-6H2,1-2H3,(H,11,12)(H,13,14). The van der Waals surface area contributed by atoms with Gasteiger partial charge in [-0.25, -0.2) is 13.4 Å². The second kappa shape index (κ2) is 5.62. The molecule has 1 aromatic heterocycles. The lowest BCUT2D eigenvalue weighted by Gasteiger charge is -2.05. The van der Waals surface area contributed by atoms with Crippen molar-refractivity contribution in [3.05, 3.63) is 23.9 Å². The first-order chi connectivity index (χ1) is 7.92. The highest BCUT2D eigenvalue weighted by atomic mass is 32.2. The van der Waals surface area contributed by atoms with Gasteiger partial charge < -0.3 is 10.6 Å². The molecule has 94 valence electrons. The zero-order chi connectivity index (χ0) is 12.9. The molecule has 0 unspecified atom stereocenters. The molecule has 0 atom stereocenters. The van der Waals surface area contributed by atoms with Gasteiger partial charge in [-0.2, -0.15) is 0 Å². The van der Waals surface area contributed by atoms with E-state index in [0.717, 1.165) is 6.26 Å². The van der Waals surface area contributed by atoms with Crippen LogP contribution in [0.25, 0.3) is 0 Å². The van der Waals surface area contributed by atoms with Crippen LogP contribution in [0.3, 0.4) is 0 Å². The van der Waals surface area contributed by atoms with Gasteiger partial charge in [-0.1, -0.05) is 0 Å².